The SMILES string of the molecule is N#Cc1ccc2c(c1)c1cc(C#N)ccc1n2-c1ccc(-c2ccc(-c3ccc(-c4c5ccccc5c(-c5ccccc5)c5ccccc45)cc3)cc2)cc1C#N. The summed E-state index contributed by atoms with van der Waals surface area (Å²) in [5.74, 6) is 0. The summed E-state index contributed by atoms with van der Waals surface area (Å²) in [5, 5.41) is 36.3. The van der Waals surface area contributed by atoms with Gasteiger partial charge in [-0.1, -0.05) is 133 Å². The van der Waals surface area contributed by atoms with Crippen LogP contribution in [0.15, 0.2) is 182 Å². The fourth-order valence-electron chi connectivity index (χ4n) is 8.46. The summed E-state index contributed by atoms with van der Waals surface area (Å²) in [6, 6.07) is 69.4. The molecular formula is C53H30N4. The number of hydrogen-bond acceptors (Lipinski definition) is 3. The van der Waals surface area contributed by atoms with Gasteiger partial charge in [-0.15, -0.1) is 0 Å². The highest BCUT2D eigenvalue weighted by molar-refractivity contribution is 6.21. The van der Waals surface area contributed by atoms with E-state index in [4.69, 9.17) is 0 Å². The Morgan fingerprint density at radius 2 is 0.719 bits per heavy atom. The second-order valence-electron chi connectivity index (χ2n) is 14.2. The molecule has 9 aromatic carbocycles. The zero-order valence-electron chi connectivity index (χ0n) is 30.6. The first-order valence-corrected chi connectivity index (χ1v) is 18.8. The molecule has 0 aliphatic carbocycles. The Hall–Kier alpha value is -8.23. The maximum atomic E-state index is 10.4. The van der Waals surface area contributed by atoms with Crippen LogP contribution < -0.4 is 0 Å². The summed E-state index contributed by atoms with van der Waals surface area (Å²) >= 11 is 0. The lowest BCUT2D eigenvalue weighted by atomic mass is 9.86. The van der Waals surface area contributed by atoms with Gasteiger partial charge in [-0.25, -0.2) is 0 Å². The highest BCUT2D eigenvalue weighted by Gasteiger charge is 2.18. The molecule has 0 fully saturated rings. The minimum absolute atomic E-state index is 0.525. The minimum atomic E-state index is 0.525. The van der Waals surface area contributed by atoms with Crippen LogP contribution in [-0.4, -0.2) is 4.57 Å². The van der Waals surface area contributed by atoms with Gasteiger partial charge in [0, 0.05) is 10.8 Å². The van der Waals surface area contributed by atoms with E-state index in [2.05, 4.69) is 146 Å². The monoisotopic (exact) mass is 722 g/mol. The highest BCUT2D eigenvalue weighted by Crippen LogP contribution is 2.44. The summed E-state index contributed by atoms with van der Waals surface area (Å²) < 4.78 is 2.05. The molecule has 0 amide bonds. The third-order valence-electron chi connectivity index (χ3n) is 11.1. The van der Waals surface area contributed by atoms with Crippen LogP contribution in [-0.2, 0) is 0 Å². The number of hydrogen-bond donors (Lipinski definition) is 0. The van der Waals surface area contributed by atoms with Crippen LogP contribution in [0.2, 0.25) is 0 Å². The van der Waals surface area contributed by atoms with Gasteiger partial charge < -0.3 is 4.57 Å². The Bertz CT molecular complexity index is 3220. The first-order chi connectivity index (χ1) is 28.1. The minimum Gasteiger partial charge on any atom is -0.308 e. The molecule has 0 bridgehead atoms. The van der Waals surface area contributed by atoms with Crippen LogP contribution >= 0.6 is 0 Å². The zero-order valence-corrected chi connectivity index (χ0v) is 30.6. The number of fused-ring (bicyclic) bond motifs is 5. The molecule has 0 radical (unpaired) electrons. The molecule has 0 N–H and O–H groups in total. The molecule has 4 nitrogen and oxygen atoms in total. The topological polar surface area (TPSA) is 76.3 Å². The van der Waals surface area contributed by atoms with Crippen molar-refractivity contribution in [2.75, 3.05) is 0 Å². The predicted octanol–water partition coefficient (Wildman–Crippen LogP) is 13.4. The van der Waals surface area contributed by atoms with Crippen molar-refractivity contribution in [2.45, 2.75) is 0 Å². The summed E-state index contributed by atoms with van der Waals surface area (Å²) in [6.45, 7) is 0. The van der Waals surface area contributed by atoms with Crippen LogP contribution in [0.25, 0.3) is 93.5 Å². The quantitative estimate of drug-likeness (QED) is 0.166. The van der Waals surface area contributed by atoms with Crippen molar-refractivity contribution in [3.05, 3.63) is 199 Å². The molecule has 0 aliphatic rings. The Labute approximate surface area is 329 Å². The van der Waals surface area contributed by atoms with E-state index in [0.29, 0.717) is 16.7 Å². The van der Waals surface area contributed by atoms with Crippen LogP contribution in [0.5, 0.6) is 0 Å². The summed E-state index contributed by atoms with van der Waals surface area (Å²) in [4.78, 5) is 0. The van der Waals surface area contributed by atoms with Gasteiger partial charge in [-0.2, -0.15) is 15.8 Å². The van der Waals surface area contributed by atoms with E-state index in [1.165, 1.54) is 43.8 Å². The Balaban J connectivity index is 0.998. The van der Waals surface area contributed by atoms with Gasteiger partial charge in [-0.05, 0) is 115 Å². The molecular weight excluding hydrogens is 693 g/mol. The first-order valence-electron chi connectivity index (χ1n) is 18.8. The highest BCUT2D eigenvalue weighted by atomic mass is 15.0. The van der Waals surface area contributed by atoms with E-state index < -0.39 is 0 Å². The molecule has 1 heterocycles. The van der Waals surface area contributed by atoms with Crippen molar-refractivity contribution in [1.82, 2.24) is 4.57 Å². The molecule has 0 saturated heterocycles. The van der Waals surface area contributed by atoms with E-state index in [1.807, 2.05) is 47.0 Å². The number of nitriles is 3. The Morgan fingerprint density at radius 1 is 0.316 bits per heavy atom. The molecule has 57 heavy (non-hydrogen) atoms. The molecule has 0 unspecified atom stereocenters. The molecule has 0 spiro atoms. The van der Waals surface area contributed by atoms with E-state index in [1.54, 1.807) is 12.1 Å². The van der Waals surface area contributed by atoms with Gasteiger partial charge in [0.1, 0.15) is 6.07 Å². The van der Waals surface area contributed by atoms with Gasteiger partial charge in [-0.3, -0.25) is 0 Å². The van der Waals surface area contributed by atoms with Crippen molar-refractivity contribution in [1.29, 1.82) is 15.8 Å². The van der Waals surface area contributed by atoms with Crippen LogP contribution in [0.1, 0.15) is 16.7 Å². The molecule has 1 aromatic heterocycles. The third-order valence-corrected chi connectivity index (χ3v) is 11.1. The molecule has 10 aromatic rings. The second-order valence-corrected chi connectivity index (χ2v) is 14.2. The molecule has 0 atom stereocenters. The summed E-state index contributed by atoms with van der Waals surface area (Å²) in [6.07, 6.45) is 0. The first kappa shape index (κ1) is 33.3. The lowest BCUT2D eigenvalue weighted by molar-refractivity contribution is 1.17. The molecule has 0 saturated carbocycles. The zero-order chi connectivity index (χ0) is 38.5. The van der Waals surface area contributed by atoms with Crippen LogP contribution in [0.4, 0.5) is 0 Å². The molecule has 0 aliphatic heterocycles. The molecule has 4 heteroatoms. The number of aromatic nitrogens is 1. The summed E-state index contributed by atoms with van der Waals surface area (Å²) in [7, 11) is 0. The normalized spacial score (nSPS) is 11.1. The van der Waals surface area contributed by atoms with Gasteiger partial charge in [0.2, 0.25) is 0 Å². The Morgan fingerprint density at radius 3 is 1.18 bits per heavy atom. The van der Waals surface area contributed by atoms with Crippen LogP contribution in [0.3, 0.4) is 0 Å². The fourth-order valence-corrected chi connectivity index (χ4v) is 8.46. The van der Waals surface area contributed by atoms with E-state index in [0.717, 1.165) is 49.7 Å². The predicted molar refractivity (Wildman–Crippen MR) is 232 cm³/mol. The van der Waals surface area contributed by atoms with Gasteiger partial charge >= 0.3 is 0 Å². The second kappa shape index (κ2) is 13.6. The van der Waals surface area contributed by atoms with Gasteiger partial charge in [0.25, 0.3) is 0 Å². The average molecular weight is 723 g/mol. The molecule has 10 rings (SSSR count). The smallest absolute Gasteiger partial charge is 0.101 e. The lowest BCUT2D eigenvalue weighted by Gasteiger charge is -2.18. The van der Waals surface area contributed by atoms with E-state index >= 15 is 0 Å². The lowest BCUT2D eigenvalue weighted by Crippen LogP contribution is -1.98. The van der Waals surface area contributed by atoms with Crippen molar-refractivity contribution in [3.8, 4) is 68.4 Å². The van der Waals surface area contributed by atoms with Crippen molar-refractivity contribution < 1.29 is 0 Å². The van der Waals surface area contributed by atoms with Gasteiger partial charge in [0.15, 0.2) is 0 Å². The third kappa shape index (κ3) is 5.51. The van der Waals surface area contributed by atoms with Gasteiger partial charge in [0.05, 0.1) is 45.5 Å². The standard InChI is InChI=1S/C53H30N4/c54-31-34-14-25-50-47(28-34)48-29-35(32-55)15-26-51(48)57(50)49-27-24-41(30-42(49)33-56)38-18-16-36(17-19-38)37-20-22-40(23-21-37)53-45-12-6-4-10-43(45)52(39-8-2-1-3-9-39)44-11-5-7-13-46(44)53/h1-30H. The average Bonchev–Trinajstić information content (AvgIpc) is 3.60. The number of nitrogens with zero attached hydrogens (tertiary/aromatic N) is 4. The maximum Gasteiger partial charge on any atom is 0.101 e. The van der Waals surface area contributed by atoms with Crippen molar-refractivity contribution >= 4 is 43.4 Å². The van der Waals surface area contributed by atoms with Crippen molar-refractivity contribution in [3.63, 3.8) is 0 Å². The largest absolute Gasteiger partial charge is 0.308 e. The molecule has 262 valence electrons. The maximum absolute atomic E-state index is 10.4. The van der Waals surface area contributed by atoms with E-state index in [-0.39, 0.29) is 0 Å². The van der Waals surface area contributed by atoms with E-state index in [9.17, 15) is 15.8 Å². The Kier molecular flexibility index (Phi) is 7.94. The summed E-state index contributed by atoms with van der Waals surface area (Å²) in [5.41, 5.74) is 13.1. The fraction of sp³-hybridized carbons (Fsp3) is 0. The van der Waals surface area contributed by atoms with Crippen molar-refractivity contribution in [2.24, 2.45) is 0 Å². The van der Waals surface area contributed by atoms with Crippen LogP contribution in [0, 0.1) is 34.0 Å². The number of benzene rings is 9. The number of rotatable bonds is 5.